The van der Waals surface area contributed by atoms with Gasteiger partial charge in [0.25, 0.3) is 0 Å². The molecular formula is C12H25NO. The molecule has 84 valence electrons. The van der Waals surface area contributed by atoms with Gasteiger partial charge in [-0.15, -0.1) is 0 Å². The molecule has 0 spiro atoms. The third-order valence-corrected chi connectivity index (χ3v) is 3.22. The van der Waals surface area contributed by atoms with E-state index in [4.69, 9.17) is 4.74 Å². The highest BCUT2D eigenvalue weighted by molar-refractivity contribution is 4.75. The van der Waals surface area contributed by atoms with E-state index < -0.39 is 0 Å². The van der Waals surface area contributed by atoms with Crippen LogP contribution in [-0.2, 0) is 4.74 Å². The second-order valence-corrected chi connectivity index (χ2v) is 4.48. The van der Waals surface area contributed by atoms with E-state index in [0.717, 1.165) is 38.0 Å². The Hall–Kier alpha value is -0.0800. The van der Waals surface area contributed by atoms with Crippen LogP contribution in [0.3, 0.4) is 0 Å². The molecule has 1 fully saturated rings. The van der Waals surface area contributed by atoms with Crippen molar-refractivity contribution in [2.45, 2.75) is 39.5 Å². The van der Waals surface area contributed by atoms with Crippen molar-refractivity contribution in [1.29, 1.82) is 0 Å². The highest BCUT2D eigenvalue weighted by atomic mass is 16.5. The molecule has 1 N–H and O–H groups in total. The molecule has 0 aromatic carbocycles. The van der Waals surface area contributed by atoms with E-state index in [2.05, 4.69) is 19.2 Å². The van der Waals surface area contributed by atoms with Crippen LogP contribution in [0.4, 0.5) is 0 Å². The van der Waals surface area contributed by atoms with Crippen molar-refractivity contribution in [3.8, 4) is 0 Å². The van der Waals surface area contributed by atoms with Gasteiger partial charge < -0.3 is 10.1 Å². The molecule has 0 amide bonds. The van der Waals surface area contributed by atoms with E-state index in [1.54, 1.807) is 0 Å². The van der Waals surface area contributed by atoms with Crippen LogP contribution in [0.5, 0.6) is 0 Å². The fraction of sp³-hybridized carbons (Fsp3) is 1.00. The van der Waals surface area contributed by atoms with Crippen LogP contribution >= 0.6 is 0 Å². The lowest BCUT2D eigenvalue weighted by Crippen LogP contribution is -2.27. The fourth-order valence-electron chi connectivity index (χ4n) is 2.20. The van der Waals surface area contributed by atoms with Crippen molar-refractivity contribution in [2.75, 3.05) is 26.3 Å². The molecule has 2 nitrogen and oxygen atoms in total. The SMILES string of the molecule is CCCOCCNCC1CCCC1C. The fourth-order valence-corrected chi connectivity index (χ4v) is 2.20. The van der Waals surface area contributed by atoms with E-state index in [1.165, 1.54) is 25.8 Å². The first-order chi connectivity index (χ1) is 6.84. The van der Waals surface area contributed by atoms with Crippen molar-refractivity contribution in [2.24, 2.45) is 11.8 Å². The first-order valence-electron chi connectivity index (χ1n) is 6.13. The lowest BCUT2D eigenvalue weighted by molar-refractivity contribution is 0.135. The summed E-state index contributed by atoms with van der Waals surface area (Å²) in [5, 5.41) is 3.49. The van der Waals surface area contributed by atoms with Gasteiger partial charge in [-0.25, -0.2) is 0 Å². The van der Waals surface area contributed by atoms with Gasteiger partial charge in [-0.3, -0.25) is 0 Å². The average Bonchev–Trinajstić information content (AvgIpc) is 2.58. The molecule has 14 heavy (non-hydrogen) atoms. The van der Waals surface area contributed by atoms with E-state index in [-0.39, 0.29) is 0 Å². The number of hydrogen-bond donors (Lipinski definition) is 1. The minimum Gasteiger partial charge on any atom is -0.380 e. The molecular weight excluding hydrogens is 174 g/mol. The molecule has 0 radical (unpaired) electrons. The Labute approximate surface area is 88.4 Å². The quantitative estimate of drug-likeness (QED) is 0.636. The monoisotopic (exact) mass is 199 g/mol. The van der Waals surface area contributed by atoms with Crippen LogP contribution in [0.1, 0.15) is 39.5 Å². The maximum absolute atomic E-state index is 5.41. The van der Waals surface area contributed by atoms with Gasteiger partial charge >= 0.3 is 0 Å². The number of nitrogens with one attached hydrogen (secondary N) is 1. The molecule has 0 aromatic heterocycles. The molecule has 0 heterocycles. The van der Waals surface area contributed by atoms with Crippen LogP contribution in [0, 0.1) is 11.8 Å². The van der Waals surface area contributed by atoms with Gasteiger partial charge in [0, 0.05) is 13.2 Å². The highest BCUT2D eigenvalue weighted by Gasteiger charge is 2.22. The molecule has 1 aliphatic carbocycles. The lowest BCUT2D eigenvalue weighted by atomic mass is 9.98. The summed E-state index contributed by atoms with van der Waals surface area (Å²) in [4.78, 5) is 0. The predicted octanol–water partition coefficient (Wildman–Crippen LogP) is 2.44. The third-order valence-electron chi connectivity index (χ3n) is 3.22. The lowest BCUT2D eigenvalue weighted by Gasteiger charge is -2.15. The molecule has 0 saturated heterocycles. The minimum atomic E-state index is 0.870. The Kier molecular flexibility index (Phi) is 6.20. The maximum Gasteiger partial charge on any atom is 0.0590 e. The van der Waals surface area contributed by atoms with Crippen molar-refractivity contribution in [1.82, 2.24) is 5.32 Å². The van der Waals surface area contributed by atoms with Crippen LogP contribution in [0.15, 0.2) is 0 Å². The van der Waals surface area contributed by atoms with Crippen molar-refractivity contribution >= 4 is 0 Å². The summed E-state index contributed by atoms with van der Waals surface area (Å²) in [7, 11) is 0. The Bertz CT molecular complexity index is 138. The maximum atomic E-state index is 5.41. The van der Waals surface area contributed by atoms with E-state index >= 15 is 0 Å². The van der Waals surface area contributed by atoms with Crippen molar-refractivity contribution in [3.05, 3.63) is 0 Å². The molecule has 0 aliphatic heterocycles. The smallest absolute Gasteiger partial charge is 0.0590 e. The van der Waals surface area contributed by atoms with Gasteiger partial charge in [-0.1, -0.05) is 26.7 Å². The van der Waals surface area contributed by atoms with Gasteiger partial charge in [-0.05, 0) is 31.2 Å². The molecule has 1 rings (SSSR count). The molecule has 1 saturated carbocycles. The first-order valence-corrected chi connectivity index (χ1v) is 6.13. The van der Waals surface area contributed by atoms with Gasteiger partial charge in [0.05, 0.1) is 6.61 Å². The summed E-state index contributed by atoms with van der Waals surface area (Å²) in [6.45, 7) is 8.51. The Morgan fingerprint density at radius 2 is 2.14 bits per heavy atom. The summed E-state index contributed by atoms with van der Waals surface area (Å²) in [5.74, 6) is 1.85. The van der Waals surface area contributed by atoms with Crippen LogP contribution in [-0.4, -0.2) is 26.3 Å². The summed E-state index contributed by atoms with van der Waals surface area (Å²) < 4.78 is 5.41. The molecule has 2 atom stereocenters. The molecule has 2 unspecified atom stereocenters. The zero-order valence-electron chi connectivity index (χ0n) is 9.72. The largest absolute Gasteiger partial charge is 0.380 e. The Morgan fingerprint density at radius 1 is 1.29 bits per heavy atom. The standard InChI is InChI=1S/C12H25NO/c1-3-8-14-9-7-13-10-12-6-4-5-11(12)2/h11-13H,3-10H2,1-2H3. The minimum absolute atomic E-state index is 0.870. The summed E-state index contributed by atoms with van der Waals surface area (Å²) in [6, 6.07) is 0. The van der Waals surface area contributed by atoms with E-state index in [1.807, 2.05) is 0 Å². The summed E-state index contributed by atoms with van der Waals surface area (Å²) in [6.07, 6.45) is 5.40. The normalized spacial score (nSPS) is 27.0. The predicted molar refractivity (Wildman–Crippen MR) is 60.5 cm³/mol. The van der Waals surface area contributed by atoms with Crippen molar-refractivity contribution < 1.29 is 4.74 Å². The van der Waals surface area contributed by atoms with Crippen LogP contribution in [0.25, 0.3) is 0 Å². The number of hydrogen-bond acceptors (Lipinski definition) is 2. The van der Waals surface area contributed by atoms with Gasteiger partial charge in [-0.2, -0.15) is 0 Å². The zero-order valence-corrected chi connectivity index (χ0v) is 9.72. The average molecular weight is 199 g/mol. The second-order valence-electron chi connectivity index (χ2n) is 4.48. The van der Waals surface area contributed by atoms with Crippen molar-refractivity contribution in [3.63, 3.8) is 0 Å². The summed E-state index contributed by atoms with van der Waals surface area (Å²) >= 11 is 0. The first kappa shape index (κ1) is 12.0. The van der Waals surface area contributed by atoms with E-state index in [9.17, 15) is 0 Å². The van der Waals surface area contributed by atoms with Crippen LogP contribution < -0.4 is 5.32 Å². The highest BCUT2D eigenvalue weighted by Crippen LogP contribution is 2.30. The third kappa shape index (κ3) is 4.43. The Morgan fingerprint density at radius 3 is 2.79 bits per heavy atom. The Balaban J connectivity index is 1.88. The van der Waals surface area contributed by atoms with Gasteiger partial charge in [0.15, 0.2) is 0 Å². The molecule has 0 aromatic rings. The van der Waals surface area contributed by atoms with E-state index in [0.29, 0.717) is 0 Å². The number of rotatable bonds is 7. The number of ether oxygens (including phenoxy) is 1. The van der Waals surface area contributed by atoms with Crippen LogP contribution in [0.2, 0.25) is 0 Å². The van der Waals surface area contributed by atoms with Gasteiger partial charge in [0.2, 0.25) is 0 Å². The molecule has 0 bridgehead atoms. The molecule has 1 aliphatic rings. The molecule has 2 heteroatoms. The second kappa shape index (κ2) is 7.24. The zero-order chi connectivity index (χ0) is 10.2. The van der Waals surface area contributed by atoms with Gasteiger partial charge in [0.1, 0.15) is 0 Å². The topological polar surface area (TPSA) is 21.3 Å². The summed E-state index contributed by atoms with van der Waals surface area (Å²) in [5.41, 5.74) is 0.